The van der Waals surface area contributed by atoms with E-state index in [1.807, 2.05) is 24.3 Å². The van der Waals surface area contributed by atoms with E-state index in [9.17, 15) is 9.18 Å². The van der Waals surface area contributed by atoms with Crippen molar-refractivity contribution in [2.45, 2.75) is 19.4 Å². The minimum atomic E-state index is -0.690. The molecule has 5 nitrogen and oxygen atoms in total. The molecule has 0 fully saturated rings. The Kier molecular flexibility index (Phi) is 4.17. The van der Waals surface area contributed by atoms with E-state index in [0.29, 0.717) is 18.7 Å². The fourth-order valence-electron chi connectivity index (χ4n) is 4.15. The maximum atomic E-state index is 15.0. The number of benzene rings is 2. The smallest absolute Gasteiger partial charge is 0.276 e. The summed E-state index contributed by atoms with van der Waals surface area (Å²) in [6, 6.07) is 13.4. The summed E-state index contributed by atoms with van der Waals surface area (Å²) < 4.78 is 20.0. The van der Waals surface area contributed by atoms with Gasteiger partial charge in [0.15, 0.2) is 5.69 Å². The van der Waals surface area contributed by atoms with Gasteiger partial charge in [0.2, 0.25) is 0 Å². The number of fused-ring (bicyclic) bond motifs is 3. The number of halogens is 2. The Morgan fingerprint density at radius 2 is 2.10 bits per heavy atom. The van der Waals surface area contributed by atoms with Crippen LogP contribution in [0.4, 0.5) is 4.39 Å². The molecule has 5 rings (SSSR count). The molecule has 0 unspecified atom stereocenters. The van der Waals surface area contributed by atoms with Gasteiger partial charge in [-0.05, 0) is 37.1 Å². The van der Waals surface area contributed by atoms with E-state index in [2.05, 4.69) is 10.1 Å². The number of carbonyl (C=O) groups is 1. The van der Waals surface area contributed by atoms with Crippen LogP contribution in [0.1, 0.15) is 39.1 Å². The zero-order valence-electron chi connectivity index (χ0n) is 15.6. The highest BCUT2D eigenvalue weighted by Crippen LogP contribution is 2.42. The molecule has 0 saturated heterocycles. The Balaban J connectivity index is 1.73. The van der Waals surface area contributed by atoms with Crippen molar-refractivity contribution in [3.8, 4) is 0 Å². The van der Waals surface area contributed by atoms with E-state index in [1.54, 1.807) is 30.0 Å². The van der Waals surface area contributed by atoms with Crippen LogP contribution in [0.15, 0.2) is 53.1 Å². The highest BCUT2D eigenvalue weighted by atomic mass is 35.5. The predicted molar refractivity (Wildman–Crippen MR) is 108 cm³/mol. The van der Waals surface area contributed by atoms with Crippen LogP contribution in [0.5, 0.6) is 0 Å². The number of nitrogens with zero attached hydrogens (tertiary/aromatic N) is 2. The molecule has 3 heterocycles. The maximum Gasteiger partial charge on any atom is 0.276 e. The molecule has 1 aliphatic heterocycles. The van der Waals surface area contributed by atoms with Crippen molar-refractivity contribution < 1.29 is 13.7 Å². The Morgan fingerprint density at radius 3 is 2.86 bits per heavy atom. The average molecular weight is 410 g/mol. The van der Waals surface area contributed by atoms with Gasteiger partial charge in [-0.1, -0.05) is 41.0 Å². The summed E-state index contributed by atoms with van der Waals surface area (Å²) in [6.07, 6.45) is 0.643. The molecule has 0 aliphatic carbocycles. The topological polar surface area (TPSA) is 62.1 Å². The van der Waals surface area contributed by atoms with Crippen LogP contribution in [0.25, 0.3) is 10.9 Å². The zero-order valence-corrected chi connectivity index (χ0v) is 16.3. The average Bonchev–Trinajstić information content (AvgIpc) is 3.31. The first kappa shape index (κ1) is 17.9. The van der Waals surface area contributed by atoms with Crippen LogP contribution in [0, 0.1) is 12.7 Å². The molecule has 4 aromatic rings. The quantitative estimate of drug-likeness (QED) is 0.504. The number of nitrogens with one attached hydrogen (secondary N) is 1. The van der Waals surface area contributed by atoms with Gasteiger partial charge in [-0.25, -0.2) is 4.39 Å². The van der Waals surface area contributed by atoms with Crippen LogP contribution < -0.4 is 0 Å². The van der Waals surface area contributed by atoms with Crippen molar-refractivity contribution in [1.82, 2.24) is 15.0 Å². The molecule has 0 saturated carbocycles. The maximum absolute atomic E-state index is 15.0. The number of hydrogen-bond donors (Lipinski definition) is 1. The van der Waals surface area contributed by atoms with Crippen molar-refractivity contribution in [3.05, 3.63) is 87.6 Å². The Morgan fingerprint density at radius 1 is 1.28 bits per heavy atom. The minimum absolute atomic E-state index is 0.194. The van der Waals surface area contributed by atoms with Crippen molar-refractivity contribution in [1.29, 1.82) is 0 Å². The first-order valence-electron chi connectivity index (χ1n) is 9.32. The summed E-state index contributed by atoms with van der Waals surface area (Å²) in [7, 11) is 0. The molecule has 29 heavy (non-hydrogen) atoms. The fourth-order valence-corrected chi connectivity index (χ4v) is 4.41. The third-order valence-corrected chi connectivity index (χ3v) is 5.75. The second-order valence-corrected chi connectivity index (χ2v) is 7.58. The van der Waals surface area contributed by atoms with Gasteiger partial charge in [0, 0.05) is 39.8 Å². The Bertz CT molecular complexity index is 1230. The van der Waals surface area contributed by atoms with E-state index in [-0.39, 0.29) is 22.2 Å². The number of carbonyl (C=O) groups excluding carboxylic acids is 1. The predicted octanol–water partition coefficient (Wildman–Crippen LogP) is 5.04. The largest absolute Gasteiger partial charge is 0.361 e. The van der Waals surface area contributed by atoms with Gasteiger partial charge in [-0.3, -0.25) is 4.79 Å². The van der Waals surface area contributed by atoms with Gasteiger partial charge in [-0.2, -0.15) is 0 Å². The molecular weight excluding hydrogens is 393 g/mol. The first-order valence-corrected chi connectivity index (χ1v) is 9.70. The number of aromatic amines is 1. The summed E-state index contributed by atoms with van der Waals surface area (Å²) in [5.74, 6) is -0.240. The van der Waals surface area contributed by atoms with Crippen LogP contribution in [0.2, 0.25) is 5.02 Å². The number of rotatable bonds is 2. The van der Waals surface area contributed by atoms with Crippen molar-refractivity contribution in [3.63, 3.8) is 0 Å². The van der Waals surface area contributed by atoms with Gasteiger partial charge >= 0.3 is 0 Å². The van der Waals surface area contributed by atoms with Gasteiger partial charge in [0.1, 0.15) is 17.6 Å². The number of aryl methyl sites for hydroxylation is 1. The molecule has 0 bridgehead atoms. The third kappa shape index (κ3) is 2.83. The summed E-state index contributed by atoms with van der Waals surface area (Å²) in [4.78, 5) is 18.3. The van der Waals surface area contributed by atoms with E-state index in [1.165, 1.54) is 6.07 Å². The minimum Gasteiger partial charge on any atom is -0.361 e. The Labute approximate surface area is 171 Å². The SMILES string of the molecule is Cc1cc(C(=O)N2CCc3c([nH]c4ccccc34)[C@@H]2c2c(F)cccc2Cl)no1. The summed E-state index contributed by atoms with van der Waals surface area (Å²) in [5, 5.41) is 5.21. The van der Waals surface area contributed by atoms with Crippen molar-refractivity contribution >= 4 is 28.4 Å². The molecule has 0 radical (unpaired) electrons. The summed E-state index contributed by atoms with van der Waals surface area (Å²) in [5.41, 5.74) is 3.26. The van der Waals surface area contributed by atoms with Crippen LogP contribution >= 0.6 is 11.6 Å². The number of aromatic nitrogens is 2. The highest BCUT2D eigenvalue weighted by Gasteiger charge is 2.38. The first-order chi connectivity index (χ1) is 14.0. The highest BCUT2D eigenvalue weighted by molar-refractivity contribution is 6.31. The van der Waals surface area contributed by atoms with E-state index in [0.717, 1.165) is 22.2 Å². The molecule has 2 aromatic heterocycles. The summed E-state index contributed by atoms with van der Waals surface area (Å²) in [6.45, 7) is 2.13. The molecule has 1 N–H and O–H groups in total. The number of amides is 1. The molecular formula is C22H17ClFN3O2. The molecule has 2 aromatic carbocycles. The lowest BCUT2D eigenvalue weighted by Gasteiger charge is -2.36. The molecule has 1 amide bonds. The van der Waals surface area contributed by atoms with Gasteiger partial charge in [0.05, 0.1) is 0 Å². The van der Waals surface area contributed by atoms with Crippen molar-refractivity contribution in [2.75, 3.05) is 6.54 Å². The molecule has 0 spiro atoms. The van der Waals surface area contributed by atoms with Crippen molar-refractivity contribution in [2.24, 2.45) is 0 Å². The van der Waals surface area contributed by atoms with Crippen LogP contribution in [-0.2, 0) is 6.42 Å². The van der Waals surface area contributed by atoms with Gasteiger partial charge in [-0.15, -0.1) is 0 Å². The number of H-pyrrole nitrogens is 1. The summed E-state index contributed by atoms with van der Waals surface area (Å²) >= 11 is 6.42. The second-order valence-electron chi connectivity index (χ2n) is 7.17. The molecule has 1 aliphatic rings. The lowest BCUT2D eigenvalue weighted by Crippen LogP contribution is -2.41. The van der Waals surface area contributed by atoms with E-state index >= 15 is 0 Å². The monoisotopic (exact) mass is 409 g/mol. The lowest BCUT2D eigenvalue weighted by molar-refractivity contribution is 0.0679. The normalized spacial score (nSPS) is 16.2. The second kappa shape index (κ2) is 6.74. The molecule has 146 valence electrons. The number of para-hydroxylation sites is 1. The van der Waals surface area contributed by atoms with Crippen LogP contribution in [-0.4, -0.2) is 27.5 Å². The van der Waals surface area contributed by atoms with Gasteiger partial charge in [0.25, 0.3) is 5.91 Å². The third-order valence-electron chi connectivity index (χ3n) is 5.42. The van der Waals surface area contributed by atoms with Gasteiger partial charge < -0.3 is 14.4 Å². The molecule has 7 heteroatoms. The zero-order chi connectivity index (χ0) is 20.1. The van der Waals surface area contributed by atoms with E-state index in [4.69, 9.17) is 16.1 Å². The lowest BCUT2D eigenvalue weighted by atomic mass is 9.91. The van der Waals surface area contributed by atoms with Crippen LogP contribution in [0.3, 0.4) is 0 Å². The standard InChI is InChI=1S/C22H17ClFN3O2/c1-12-11-18(26-29-12)22(28)27-10-9-14-13-5-2-3-8-17(13)25-20(14)21(27)19-15(23)6-4-7-16(19)24/h2-8,11,21,25H,9-10H2,1H3/t21-/m0/s1. The van der Waals surface area contributed by atoms with E-state index < -0.39 is 11.9 Å². The number of hydrogen-bond acceptors (Lipinski definition) is 3. The fraction of sp³-hybridized carbons (Fsp3) is 0.182. The Hall–Kier alpha value is -3.12. The molecule has 1 atom stereocenters.